The van der Waals surface area contributed by atoms with E-state index in [1.165, 1.54) is 9.75 Å². The summed E-state index contributed by atoms with van der Waals surface area (Å²) in [5.41, 5.74) is 13.2. The second kappa shape index (κ2) is 27.3. The van der Waals surface area contributed by atoms with Gasteiger partial charge < -0.3 is 47.4 Å². The number of carbonyl (C=O) groups is 3. The van der Waals surface area contributed by atoms with Gasteiger partial charge in [-0.15, -0.1) is 34.0 Å². The van der Waals surface area contributed by atoms with E-state index >= 15 is 0 Å². The summed E-state index contributed by atoms with van der Waals surface area (Å²) in [6.45, 7) is 0. The van der Waals surface area contributed by atoms with Crippen LogP contribution in [-0.4, -0.2) is 88.4 Å². The smallest absolute Gasteiger partial charge is 0.203 e. The van der Waals surface area contributed by atoms with Gasteiger partial charge in [-0.05, 0) is 177 Å². The minimum Gasteiger partial charge on any atom is -0.496 e. The summed E-state index contributed by atoms with van der Waals surface area (Å²) in [5, 5.41) is 6.13. The number of hydrogen-bond donors (Lipinski definition) is 0. The molecule has 3 aromatic heterocycles. The van der Waals surface area contributed by atoms with Crippen LogP contribution in [-0.2, 0) is 19.3 Å². The molecule has 12 rings (SSSR count). The largest absolute Gasteiger partial charge is 0.496 e. The van der Waals surface area contributed by atoms with E-state index in [1.54, 1.807) is 117 Å². The first-order valence-corrected chi connectivity index (χ1v) is 30.3. The van der Waals surface area contributed by atoms with Gasteiger partial charge in [-0.2, -0.15) is 0 Å². The first-order valence-electron chi connectivity index (χ1n) is 27.6. The highest BCUT2D eigenvalue weighted by Gasteiger charge is 2.30. The van der Waals surface area contributed by atoms with Crippen LogP contribution in [0.2, 0.25) is 0 Å². The van der Waals surface area contributed by atoms with Crippen molar-refractivity contribution in [2.45, 2.75) is 25.7 Å². The number of allylic oxidation sites excluding steroid dienone is 3. The van der Waals surface area contributed by atoms with E-state index < -0.39 is 0 Å². The standard InChI is InChI=1S/C25H24O5S.2C23H20O4S/c1-27-20-13-16-7-8-17(24(26)18(16)14-21(20)28-2)10-15-11-19(23-6-5-9-31-23)25(30-4)22(12-15)29-3;1-25-19-10-14(11-20(26-2)23(19)27-3)9-17-13-16-12-15(21-5-4-8-28-21)6-7-18(16)22(17)24;1-25-19-7-6-14(22-5-4-8-28-22)9-16(19)11-17-10-15-12-20(26-2)21(27-3)13-18(15)23(17)24/h5-6,9-14H,7-8H2,1-4H3;4-12H,13H2,1-3H3;4-9,11-13H,10H2,1-3H3. The Morgan fingerprint density at radius 3 is 1.31 bits per heavy atom. The van der Waals surface area contributed by atoms with Gasteiger partial charge in [-0.3, -0.25) is 14.4 Å². The van der Waals surface area contributed by atoms with Crippen molar-refractivity contribution in [2.24, 2.45) is 0 Å². The molecular weight excluding hydrogens is 1160 g/mol. The van der Waals surface area contributed by atoms with Gasteiger partial charge >= 0.3 is 0 Å². The third-order valence-corrected chi connectivity index (χ3v) is 17.9. The summed E-state index contributed by atoms with van der Waals surface area (Å²) in [7, 11) is 16.0. The van der Waals surface area contributed by atoms with Gasteiger partial charge in [-0.25, -0.2) is 0 Å². The molecule has 0 N–H and O–H groups in total. The van der Waals surface area contributed by atoms with Crippen LogP contribution in [0.25, 0.3) is 49.5 Å². The molecule has 0 saturated heterocycles. The number of methoxy groups -OCH3 is 10. The van der Waals surface area contributed by atoms with Crippen LogP contribution in [0.4, 0.5) is 0 Å². The fourth-order valence-electron chi connectivity index (χ4n) is 10.9. The molecule has 0 atom stereocenters. The molecule has 0 saturated carbocycles. The van der Waals surface area contributed by atoms with Gasteiger partial charge in [0.15, 0.2) is 63.3 Å². The second-order valence-corrected chi connectivity index (χ2v) is 22.9. The molecule has 0 bridgehead atoms. The monoisotopic (exact) mass is 1220 g/mol. The predicted octanol–water partition coefficient (Wildman–Crippen LogP) is 16.2. The number of Topliss-reactive ketones (excluding diaryl/α,β-unsaturated/α-hetero) is 3. The molecule has 444 valence electrons. The lowest BCUT2D eigenvalue weighted by atomic mass is 9.85. The van der Waals surface area contributed by atoms with E-state index in [0.29, 0.717) is 82.1 Å². The van der Waals surface area contributed by atoms with Crippen molar-refractivity contribution in [3.8, 4) is 88.8 Å². The molecule has 0 fully saturated rings. The fourth-order valence-corrected chi connectivity index (χ4v) is 13.1. The van der Waals surface area contributed by atoms with Gasteiger partial charge in [-0.1, -0.05) is 30.3 Å². The molecule has 0 unspecified atom stereocenters. The van der Waals surface area contributed by atoms with Crippen molar-refractivity contribution in [1.29, 1.82) is 0 Å². The van der Waals surface area contributed by atoms with E-state index in [9.17, 15) is 14.4 Å². The van der Waals surface area contributed by atoms with Crippen LogP contribution in [0.15, 0.2) is 154 Å². The summed E-state index contributed by atoms with van der Waals surface area (Å²) in [4.78, 5) is 42.6. The maximum Gasteiger partial charge on any atom is 0.203 e. The first-order chi connectivity index (χ1) is 42.4. The lowest BCUT2D eigenvalue weighted by Crippen LogP contribution is -2.14. The van der Waals surface area contributed by atoms with Crippen LogP contribution in [0.3, 0.4) is 0 Å². The highest BCUT2D eigenvalue weighted by Crippen LogP contribution is 2.45. The third-order valence-electron chi connectivity index (χ3n) is 15.2. The molecule has 6 aromatic carbocycles. The molecule has 0 aliphatic heterocycles. The van der Waals surface area contributed by atoms with Gasteiger partial charge in [0.25, 0.3) is 0 Å². The normalized spacial score (nSPS) is 14.3. The average molecular weight is 1220 g/mol. The Morgan fingerprint density at radius 2 is 0.770 bits per heavy atom. The van der Waals surface area contributed by atoms with Crippen molar-refractivity contribution in [3.63, 3.8) is 0 Å². The van der Waals surface area contributed by atoms with Crippen LogP contribution in [0, 0.1) is 0 Å². The molecule has 3 heterocycles. The Kier molecular flexibility index (Phi) is 19.1. The topological polar surface area (TPSA) is 144 Å². The Balaban J connectivity index is 0.000000145. The highest BCUT2D eigenvalue weighted by molar-refractivity contribution is 7.14. The predicted molar refractivity (Wildman–Crippen MR) is 347 cm³/mol. The number of ether oxygens (including phenoxy) is 10. The van der Waals surface area contributed by atoms with Crippen molar-refractivity contribution in [2.75, 3.05) is 71.1 Å². The Bertz CT molecular complexity index is 4090. The summed E-state index contributed by atoms with van der Waals surface area (Å²) < 4.78 is 54.4. The summed E-state index contributed by atoms with van der Waals surface area (Å²) in [5.74, 6) is 6.22. The van der Waals surface area contributed by atoms with Crippen molar-refractivity contribution in [3.05, 3.63) is 204 Å². The van der Waals surface area contributed by atoms with E-state index in [2.05, 4.69) is 35.0 Å². The highest BCUT2D eigenvalue weighted by atomic mass is 32.1. The van der Waals surface area contributed by atoms with Crippen LogP contribution < -0.4 is 47.4 Å². The number of rotatable bonds is 16. The second-order valence-electron chi connectivity index (χ2n) is 20.1. The van der Waals surface area contributed by atoms with Crippen LogP contribution in [0.1, 0.15) is 70.9 Å². The Labute approximate surface area is 518 Å². The third kappa shape index (κ3) is 12.8. The minimum atomic E-state index is 0.00895. The summed E-state index contributed by atoms with van der Waals surface area (Å²) in [6.07, 6.45) is 8.36. The molecule has 3 aliphatic carbocycles. The maximum atomic E-state index is 13.3. The number of thiophene rings is 3. The zero-order valence-electron chi connectivity index (χ0n) is 49.9. The summed E-state index contributed by atoms with van der Waals surface area (Å²) >= 11 is 5.01. The number of ketones is 3. The van der Waals surface area contributed by atoms with Gasteiger partial charge in [0.2, 0.25) is 5.75 Å². The maximum absolute atomic E-state index is 13.3. The van der Waals surface area contributed by atoms with Crippen molar-refractivity contribution < 1.29 is 61.8 Å². The van der Waals surface area contributed by atoms with Crippen LogP contribution >= 0.6 is 34.0 Å². The zero-order valence-corrected chi connectivity index (χ0v) is 52.3. The zero-order chi connectivity index (χ0) is 61.3. The quantitative estimate of drug-likeness (QED) is 0.0847. The first kappa shape index (κ1) is 60.8. The van der Waals surface area contributed by atoms with Crippen molar-refractivity contribution in [1.82, 2.24) is 0 Å². The van der Waals surface area contributed by atoms with Crippen molar-refractivity contribution >= 4 is 69.6 Å². The number of hydrogen-bond acceptors (Lipinski definition) is 16. The van der Waals surface area contributed by atoms with E-state index in [0.717, 1.165) is 89.4 Å². The number of carbonyl (C=O) groups excluding carboxylic acids is 3. The fraction of sp³-hybridized carbons (Fsp3) is 0.197. The molecule has 0 spiro atoms. The average Bonchev–Trinajstić information content (AvgIpc) is 3.46. The molecule has 0 radical (unpaired) electrons. The molecule has 16 heteroatoms. The van der Waals surface area contributed by atoms with Crippen LogP contribution in [0.5, 0.6) is 57.5 Å². The molecule has 0 amide bonds. The molecule has 13 nitrogen and oxygen atoms in total. The van der Waals surface area contributed by atoms with E-state index in [-0.39, 0.29) is 17.3 Å². The summed E-state index contributed by atoms with van der Waals surface area (Å²) in [6, 6.07) is 39.3. The van der Waals surface area contributed by atoms with Gasteiger partial charge in [0.05, 0.1) is 71.1 Å². The Hall–Kier alpha value is -9.35. The molecule has 9 aromatic rings. The number of fused-ring (bicyclic) bond motifs is 3. The SMILES string of the molecule is COc1cc(C=C2Cc3cc(-c4cccs4)ccc3C2=O)cc(OC)c1OC.COc1cc2c(cc1OC)C(=O)C(=Cc1cc(OC)c(OC)c(-c3cccs3)c1)CC2.COc1ccc(-c2cccs2)cc1C=C1Cc2cc(OC)c(OC)cc2C1=O. The molecular formula is C71H64O13S3. The van der Waals surface area contributed by atoms with E-state index in [4.69, 9.17) is 47.4 Å². The van der Waals surface area contributed by atoms with Gasteiger partial charge in [0, 0.05) is 72.0 Å². The lowest BCUT2D eigenvalue weighted by molar-refractivity contribution is 0.102. The lowest BCUT2D eigenvalue weighted by Gasteiger charge is -2.20. The number of aryl methyl sites for hydroxylation is 1. The Morgan fingerprint density at radius 1 is 0.333 bits per heavy atom. The molecule has 3 aliphatic rings. The molecule has 87 heavy (non-hydrogen) atoms. The van der Waals surface area contributed by atoms with E-state index in [1.807, 2.05) is 109 Å². The number of benzene rings is 6. The minimum absolute atomic E-state index is 0.00895. The van der Waals surface area contributed by atoms with Gasteiger partial charge in [0.1, 0.15) is 5.75 Å².